The maximum absolute atomic E-state index is 13.0. The average Bonchev–Trinajstić information content (AvgIpc) is 2.67. The molecule has 2 aliphatic rings. The smallest absolute Gasteiger partial charge is 0.244 e. The number of aryl methyl sites for hydroxylation is 2. The maximum Gasteiger partial charge on any atom is 0.244 e. The molecular weight excluding hydrogens is 316 g/mol. The molecule has 1 aromatic carbocycles. The molecule has 1 heterocycles. The first-order valence-electron chi connectivity index (χ1n) is 8.80. The van der Waals surface area contributed by atoms with Crippen LogP contribution in [0.5, 0.6) is 0 Å². The zero-order valence-corrected chi connectivity index (χ0v) is 15.6. The van der Waals surface area contributed by atoms with Crippen molar-refractivity contribution in [2.75, 3.05) is 11.9 Å². The van der Waals surface area contributed by atoms with Gasteiger partial charge in [0.05, 0.1) is 5.41 Å². The van der Waals surface area contributed by atoms with E-state index in [1.807, 2.05) is 52.8 Å². The van der Waals surface area contributed by atoms with E-state index >= 15 is 0 Å². The summed E-state index contributed by atoms with van der Waals surface area (Å²) < 4.78 is 0. The number of amides is 3. The summed E-state index contributed by atoms with van der Waals surface area (Å²) in [6, 6.07) is 5.77. The van der Waals surface area contributed by atoms with Gasteiger partial charge >= 0.3 is 0 Å². The number of piperidine rings is 1. The molecule has 1 aromatic rings. The Labute approximate surface area is 148 Å². The minimum atomic E-state index is -0.578. The van der Waals surface area contributed by atoms with Gasteiger partial charge in [0.2, 0.25) is 17.7 Å². The van der Waals surface area contributed by atoms with Crippen LogP contribution >= 0.6 is 0 Å². The molecule has 1 aliphatic heterocycles. The van der Waals surface area contributed by atoms with Gasteiger partial charge in [-0.05, 0) is 55.4 Å². The minimum absolute atomic E-state index is 0.191. The van der Waals surface area contributed by atoms with Gasteiger partial charge in [-0.3, -0.25) is 19.3 Å². The van der Waals surface area contributed by atoms with E-state index in [9.17, 15) is 14.4 Å². The van der Waals surface area contributed by atoms with Crippen LogP contribution in [0.25, 0.3) is 0 Å². The number of anilines is 1. The molecule has 2 bridgehead atoms. The standard InChI is InChI=1S/C20H26N2O3/c1-12-8-13(2)10-14(9-12)21-16(23)11-22-17(24)15-6-7-20(5,18(22)25)19(15,3)4/h8-10,15H,6-7,11H2,1-5H3,(H,21,23). The molecule has 3 amide bonds. The van der Waals surface area contributed by atoms with Crippen LogP contribution in [0.1, 0.15) is 44.7 Å². The lowest BCUT2D eigenvalue weighted by atomic mass is 9.62. The highest BCUT2D eigenvalue weighted by atomic mass is 16.2. The highest BCUT2D eigenvalue weighted by molar-refractivity contribution is 6.07. The molecule has 134 valence electrons. The first kappa shape index (κ1) is 17.6. The number of rotatable bonds is 3. The number of likely N-dealkylation sites (tertiary alicyclic amines) is 1. The zero-order valence-electron chi connectivity index (χ0n) is 15.6. The van der Waals surface area contributed by atoms with Crippen LogP contribution in [0.2, 0.25) is 0 Å². The first-order chi connectivity index (χ1) is 11.6. The van der Waals surface area contributed by atoms with Crippen LogP contribution in [-0.4, -0.2) is 29.2 Å². The fraction of sp³-hybridized carbons (Fsp3) is 0.550. The number of nitrogens with one attached hydrogen (secondary N) is 1. The molecule has 0 aromatic heterocycles. The summed E-state index contributed by atoms with van der Waals surface area (Å²) in [6.45, 7) is 9.62. The van der Waals surface area contributed by atoms with Gasteiger partial charge in [-0.25, -0.2) is 0 Å². The summed E-state index contributed by atoms with van der Waals surface area (Å²) in [7, 11) is 0. The van der Waals surface area contributed by atoms with E-state index in [2.05, 4.69) is 5.32 Å². The molecule has 0 radical (unpaired) electrons. The molecule has 1 saturated carbocycles. The van der Waals surface area contributed by atoms with Crippen molar-refractivity contribution in [1.29, 1.82) is 0 Å². The highest BCUT2D eigenvalue weighted by Gasteiger charge is 2.64. The minimum Gasteiger partial charge on any atom is -0.325 e. The van der Waals surface area contributed by atoms with Gasteiger partial charge in [-0.15, -0.1) is 0 Å². The molecule has 1 saturated heterocycles. The number of carbonyl (C=O) groups excluding carboxylic acids is 3. The van der Waals surface area contributed by atoms with Gasteiger partial charge in [0.25, 0.3) is 0 Å². The lowest BCUT2D eigenvalue weighted by Crippen LogP contribution is -2.60. The SMILES string of the molecule is Cc1cc(C)cc(NC(=O)CN2C(=O)C3CCC(C)(C2=O)C3(C)C)c1. The number of hydrogen-bond donors (Lipinski definition) is 1. The number of carbonyl (C=O) groups is 3. The second-order valence-corrected chi connectivity index (χ2v) is 8.30. The van der Waals surface area contributed by atoms with Crippen molar-refractivity contribution in [3.05, 3.63) is 29.3 Å². The zero-order chi connectivity index (χ0) is 18.6. The number of fused-ring (bicyclic) bond motifs is 2. The maximum atomic E-state index is 13.0. The Morgan fingerprint density at radius 2 is 1.76 bits per heavy atom. The number of benzene rings is 1. The third-order valence-electron chi connectivity index (χ3n) is 6.31. The summed E-state index contributed by atoms with van der Waals surface area (Å²) in [5.74, 6) is -0.953. The average molecular weight is 342 g/mol. The summed E-state index contributed by atoms with van der Waals surface area (Å²) >= 11 is 0. The van der Waals surface area contributed by atoms with Crippen LogP contribution in [0.4, 0.5) is 5.69 Å². The summed E-state index contributed by atoms with van der Waals surface area (Å²) in [5.41, 5.74) is 1.85. The third kappa shape index (κ3) is 2.66. The highest BCUT2D eigenvalue weighted by Crippen LogP contribution is 2.59. The lowest BCUT2D eigenvalue weighted by molar-refractivity contribution is -0.168. The van der Waals surface area contributed by atoms with Crippen molar-refractivity contribution in [2.45, 2.75) is 47.5 Å². The molecule has 0 spiro atoms. The van der Waals surface area contributed by atoms with Gasteiger partial charge < -0.3 is 5.32 Å². The molecule has 5 heteroatoms. The third-order valence-corrected chi connectivity index (χ3v) is 6.31. The second kappa shape index (κ2) is 5.68. The van der Waals surface area contributed by atoms with Crippen LogP contribution in [-0.2, 0) is 14.4 Å². The molecule has 1 aliphatic carbocycles. The van der Waals surface area contributed by atoms with Crippen molar-refractivity contribution < 1.29 is 14.4 Å². The summed E-state index contributed by atoms with van der Waals surface area (Å²) in [5, 5.41) is 2.81. The van der Waals surface area contributed by atoms with E-state index in [1.165, 1.54) is 4.90 Å². The predicted molar refractivity (Wildman–Crippen MR) is 95.9 cm³/mol. The van der Waals surface area contributed by atoms with Crippen molar-refractivity contribution >= 4 is 23.4 Å². The van der Waals surface area contributed by atoms with Crippen molar-refractivity contribution in [1.82, 2.24) is 4.90 Å². The quantitative estimate of drug-likeness (QED) is 0.859. The van der Waals surface area contributed by atoms with Crippen molar-refractivity contribution in [3.63, 3.8) is 0 Å². The second-order valence-electron chi connectivity index (χ2n) is 8.30. The molecule has 2 fully saturated rings. The molecule has 2 unspecified atom stereocenters. The van der Waals surface area contributed by atoms with Gasteiger partial charge in [0.15, 0.2) is 0 Å². The Morgan fingerprint density at radius 3 is 2.36 bits per heavy atom. The Hall–Kier alpha value is -2.17. The van der Waals surface area contributed by atoms with Gasteiger partial charge in [0, 0.05) is 11.6 Å². The normalized spacial score (nSPS) is 27.6. The van der Waals surface area contributed by atoms with E-state index in [1.54, 1.807) is 0 Å². The molecule has 5 nitrogen and oxygen atoms in total. The van der Waals surface area contributed by atoms with Crippen LogP contribution in [0, 0.1) is 30.6 Å². The molecule has 2 atom stereocenters. The summed E-state index contributed by atoms with van der Waals surface area (Å²) in [6.07, 6.45) is 1.41. The van der Waals surface area contributed by atoms with E-state index in [0.29, 0.717) is 18.5 Å². The first-order valence-corrected chi connectivity index (χ1v) is 8.80. The van der Waals surface area contributed by atoms with Crippen LogP contribution in [0.15, 0.2) is 18.2 Å². The molecule has 1 N–H and O–H groups in total. The summed E-state index contributed by atoms with van der Waals surface area (Å²) in [4.78, 5) is 39.3. The Bertz CT molecular complexity index is 748. The Kier molecular flexibility index (Phi) is 4.01. The number of nitrogens with zero attached hydrogens (tertiary/aromatic N) is 1. The van der Waals surface area contributed by atoms with Gasteiger partial charge in [0.1, 0.15) is 6.54 Å². The predicted octanol–water partition coefficient (Wildman–Crippen LogP) is 3.05. The van der Waals surface area contributed by atoms with E-state index in [-0.39, 0.29) is 35.6 Å². The molecule has 25 heavy (non-hydrogen) atoms. The van der Waals surface area contributed by atoms with Crippen molar-refractivity contribution in [2.24, 2.45) is 16.7 Å². The van der Waals surface area contributed by atoms with Crippen LogP contribution < -0.4 is 5.32 Å². The monoisotopic (exact) mass is 342 g/mol. The number of hydrogen-bond acceptors (Lipinski definition) is 3. The number of imide groups is 1. The Balaban J connectivity index is 1.78. The van der Waals surface area contributed by atoms with Crippen molar-refractivity contribution in [3.8, 4) is 0 Å². The lowest BCUT2D eigenvalue weighted by Gasteiger charge is -2.47. The largest absolute Gasteiger partial charge is 0.325 e. The van der Waals surface area contributed by atoms with Gasteiger partial charge in [-0.1, -0.05) is 26.8 Å². The topological polar surface area (TPSA) is 66.5 Å². The molecular formula is C20H26N2O3. The van der Waals surface area contributed by atoms with E-state index in [4.69, 9.17) is 0 Å². The van der Waals surface area contributed by atoms with Gasteiger partial charge in [-0.2, -0.15) is 0 Å². The van der Waals surface area contributed by atoms with E-state index in [0.717, 1.165) is 11.1 Å². The fourth-order valence-corrected chi connectivity index (χ4v) is 4.44. The molecule has 3 rings (SSSR count). The fourth-order valence-electron chi connectivity index (χ4n) is 4.44. The van der Waals surface area contributed by atoms with Crippen LogP contribution in [0.3, 0.4) is 0 Å². The van der Waals surface area contributed by atoms with E-state index < -0.39 is 5.41 Å². The Morgan fingerprint density at radius 1 is 1.16 bits per heavy atom.